The van der Waals surface area contributed by atoms with Gasteiger partial charge in [0, 0.05) is 4.75 Å². The highest BCUT2D eigenvalue weighted by molar-refractivity contribution is 7.99. The van der Waals surface area contributed by atoms with Crippen LogP contribution >= 0.6 is 36.8 Å². The van der Waals surface area contributed by atoms with E-state index in [-0.39, 0.29) is 12.4 Å². The minimum absolute atomic E-state index is 0. The number of hydrogen-bond donors (Lipinski definition) is 3. The van der Waals surface area contributed by atoms with Crippen LogP contribution in [0.4, 0.5) is 0 Å². The number of thioether (sulfide) groups is 1. The third kappa shape index (κ3) is 3.23. The lowest BCUT2D eigenvalue weighted by molar-refractivity contribution is -0.139. The van der Waals surface area contributed by atoms with Gasteiger partial charge in [-0.15, -0.1) is 12.4 Å². The van der Waals surface area contributed by atoms with Crippen LogP contribution in [-0.2, 0) is 4.79 Å². The molecule has 6 heteroatoms. The van der Waals surface area contributed by atoms with Gasteiger partial charge in [-0.3, -0.25) is 4.79 Å². The van der Waals surface area contributed by atoms with Crippen LogP contribution in [0.5, 0.6) is 0 Å². The van der Waals surface area contributed by atoms with E-state index in [1.54, 1.807) is 0 Å². The molecular weight excluding hydrogens is 230 g/mol. The van der Waals surface area contributed by atoms with Gasteiger partial charge in [-0.2, -0.15) is 24.4 Å². The Kier molecular flexibility index (Phi) is 5.51. The van der Waals surface area contributed by atoms with Gasteiger partial charge in [0.25, 0.3) is 0 Å². The fraction of sp³-hybridized carbons (Fsp3) is 0.857. The van der Waals surface area contributed by atoms with E-state index in [1.165, 1.54) is 0 Å². The Bertz CT molecular complexity index is 185. The second-order valence-electron chi connectivity index (χ2n) is 3.03. The largest absolute Gasteiger partial charge is 0.480 e. The maximum absolute atomic E-state index is 10.6. The maximum atomic E-state index is 10.6. The van der Waals surface area contributed by atoms with E-state index < -0.39 is 16.8 Å². The third-order valence-electron chi connectivity index (χ3n) is 2.20. The summed E-state index contributed by atoms with van der Waals surface area (Å²) < 4.78 is -0.489. The van der Waals surface area contributed by atoms with Crippen molar-refractivity contribution < 1.29 is 9.90 Å². The standard InChI is InChI=1S/C7H13NO2S2.ClH/c8-5(6(9)10)7(11)1-3-12-4-2-7;/h5,11H,1-4,8H2,(H,9,10);1H. The summed E-state index contributed by atoms with van der Waals surface area (Å²) in [4.78, 5) is 10.6. The minimum Gasteiger partial charge on any atom is -0.480 e. The van der Waals surface area contributed by atoms with Crippen LogP contribution in [-0.4, -0.2) is 33.4 Å². The topological polar surface area (TPSA) is 63.3 Å². The molecule has 1 unspecified atom stereocenters. The molecule has 3 nitrogen and oxygen atoms in total. The van der Waals surface area contributed by atoms with E-state index in [0.29, 0.717) is 0 Å². The number of carboxylic acid groups (broad SMARTS) is 1. The summed E-state index contributed by atoms with van der Waals surface area (Å²) >= 11 is 6.19. The van der Waals surface area contributed by atoms with Crippen molar-refractivity contribution in [3.8, 4) is 0 Å². The minimum atomic E-state index is -0.947. The number of nitrogens with two attached hydrogens (primary N) is 1. The fourth-order valence-electron chi connectivity index (χ4n) is 1.27. The van der Waals surface area contributed by atoms with Crippen molar-refractivity contribution in [1.29, 1.82) is 0 Å². The summed E-state index contributed by atoms with van der Waals surface area (Å²) in [7, 11) is 0. The molecule has 0 saturated carbocycles. The Morgan fingerprint density at radius 1 is 1.54 bits per heavy atom. The molecular formula is C7H14ClNO2S2. The van der Waals surface area contributed by atoms with Crippen molar-refractivity contribution >= 4 is 42.8 Å². The van der Waals surface area contributed by atoms with E-state index in [4.69, 9.17) is 10.8 Å². The van der Waals surface area contributed by atoms with Gasteiger partial charge in [-0.1, -0.05) is 0 Å². The highest BCUT2D eigenvalue weighted by Gasteiger charge is 2.38. The molecule has 1 fully saturated rings. The van der Waals surface area contributed by atoms with Crippen LogP contribution in [0.25, 0.3) is 0 Å². The van der Waals surface area contributed by atoms with Gasteiger partial charge in [0.2, 0.25) is 0 Å². The van der Waals surface area contributed by atoms with Crippen molar-refractivity contribution in [3.63, 3.8) is 0 Å². The molecule has 1 atom stereocenters. The fourth-order valence-corrected chi connectivity index (χ4v) is 3.12. The molecule has 13 heavy (non-hydrogen) atoms. The van der Waals surface area contributed by atoms with Gasteiger partial charge < -0.3 is 10.8 Å². The van der Waals surface area contributed by atoms with E-state index in [9.17, 15) is 4.79 Å². The van der Waals surface area contributed by atoms with Crippen LogP contribution < -0.4 is 5.73 Å². The van der Waals surface area contributed by atoms with Crippen molar-refractivity contribution in [1.82, 2.24) is 0 Å². The summed E-state index contributed by atoms with van der Waals surface area (Å²) in [6, 6.07) is -0.832. The first-order chi connectivity index (χ1) is 5.56. The Balaban J connectivity index is 0.00000144. The van der Waals surface area contributed by atoms with Gasteiger partial charge in [0.1, 0.15) is 6.04 Å². The normalized spacial score (nSPS) is 22.9. The summed E-state index contributed by atoms with van der Waals surface area (Å²) in [5.41, 5.74) is 5.54. The zero-order chi connectivity index (χ0) is 9.19. The molecule has 0 aromatic carbocycles. The highest BCUT2D eigenvalue weighted by Crippen LogP contribution is 2.34. The quantitative estimate of drug-likeness (QED) is 0.634. The first-order valence-corrected chi connectivity index (χ1v) is 5.45. The highest BCUT2D eigenvalue weighted by atomic mass is 35.5. The van der Waals surface area contributed by atoms with Crippen molar-refractivity contribution in [2.75, 3.05) is 11.5 Å². The van der Waals surface area contributed by atoms with Gasteiger partial charge in [0.05, 0.1) is 0 Å². The van der Waals surface area contributed by atoms with Gasteiger partial charge >= 0.3 is 5.97 Å². The van der Waals surface area contributed by atoms with E-state index in [2.05, 4.69) is 12.6 Å². The zero-order valence-electron chi connectivity index (χ0n) is 7.10. The Hall–Kier alpha value is 0.420. The second-order valence-corrected chi connectivity index (χ2v) is 5.15. The number of thiol groups is 1. The lowest BCUT2D eigenvalue weighted by atomic mass is 9.93. The maximum Gasteiger partial charge on any atom is 0.321 e. The Labute approximate surface area is 93.6 Å². The number of aliphatic carboxylic acids is 1. The number of hydrogen-bond acceptors (Lipinski definition) is 4. The lowest BCUT2D eigenvalue weighted by Gasteiger charge is -2.35. The van der Waals surface area contributed by atoms with E-state index >= 15 is 0 Å². The molecule has 0 amide bonds. The second kappa shape index (κ2) is 5.34. The van der Waals surface area contributed by atoms with Crippen LogP contribution in [0.2, 0.25) is 0 Å². The van der Waals surface area contributed by atoms with Crippen LogP contribution in [0, 0.1) is 0 Å². The van der Waals surface area contributed by atoms with Gasteiger partial charge in [-0.05, 0) is 24.3 Å². The Morgan fingerprint density at radius 2 is 2.00 bits per heavy atom. The number of rotatable bonds is 2. The van der Waals surface area contributed by atoms with Gasteiger partial charge in [0.15, 0.2) is 0 Å². The smallest absolute Gasteiger partial charge is 0.321 e. The zero-order valence-corrected chi connectivity index (χ0v) is 9.63. The summed E-state index contributed by atoms with van der Waals surface area (Å²) in [5.74, 6) is 0.978. The summed E-state index contributed by atoms with van der Waals surface area (Å²) in [6.45, 7) is 0. The predicted octanol–water partition coefficient (Wildman–Crippen LogP) is 1.02. The van der Waals surface area contributed by atoms with Crippen LogP contribution in [0.1, 0.15) is 12.8 Å². The molecule has 0 radical (unpaired) electrons. The summed E-state index contributed by atoms with van der Waals surface area (Å²) in [6.07, 6.45) is 1.57. The SMILES string of the molecule is Cl.NC(C(=O)O)C1(S)CCSCC1. The van der Waals surface area contributed by atoms with Gasteiger partial charge in [-0.25, -0.2) is 0 Å². The average molecular weight is 244 g/mol. The molecule has 1 heterocycles. The van der Waals surface area contributed by atoms with Crippen molar-refractivity contribution in [3.05, 3.63) is 0 Å². The molecule has 3 N–H and O–H groups in total. The molecule has 1 aliphatic heterocycles. The predicted molar refractivity (Wildman–Crippen MR) is 61.1 cm³/mol. The van der Waals surface area contributed by atoms with Crippen molar-refractivity contribution in [2.45, 2.75) is 23.6 Å². The number of halogens is 1. The molecule has 1 rings (SSSR count). The molecule has 1 aliphatic rings. The average Bonchev–Trinajstić information content (AvgIpc) is 2.04. The summed E-state index contributed by atoms with van der Waals surface area (Å²) in [5, 5.41) is 8.72. The molecule has 0 aliphatic carbocycles. The number of carbonyl (C=O) groups is 1. The van der Waals surface area contributed by atoms with Crippen molar-refractivity contribution in [2.24, 2.45) is 5.73 Å². The molecule has 1 saturated heterocycles. The third-order valence-corrected chi connectivity index (χ3v) is 3.91. The van der Waals surface area contributed by atoms with Crippen LogP contribution in [0.3, 0.4) is 0 Å². The van der Waals surface area contributed by atoms with E-state index in [1.807, 2.05) is 11.8 Å². The molecule has 0 aromatic heterocycles. The molecule has 0 aromatic rings. The lowest BCUT2D eigenvalue weighted by Crippen LogP contribution is -2.51. The van der Waals surface area contributed by atoms with E-state index in [0.717, 1.165) is 24.3 Å². The number of carboxylic acids is 1. The monoisotopic (exact) mass is 243 g/mol. The molecule has 0 bridgehead atoms. The Morgan fingerprint density at radius 3 is 2.38 bits per heavy atom. The molecule has 78 valence electrons. The van der Waals surface area contributed by atoms with Crippen LogP contribution in [0.15, 0.2) is 0 Å². The molecule has 0 spiro atoms. The first-order valence-electron chi connectivity index (χ1n) is 3.85. The first kappa shape index (κ1) is 13.4.